The van der Waals surface area contributed by atoms with E-state index in [0.717, 1.165) is 37.7 Å². The van der Waals surface area contributed by atoms with E-state index in [1.165, 1.54) is 18.3 Å². The number of nitrogens with one attached hydrogen (secondary N) is 1. The molecule has 1 fully saturated rings. The van der Waals surface area contributed by atoms with Crippen LogP contribution in [0, 0.1) is 5.82 Å². The van der Waals surface area contributed by atoms with E-state index in [2.05, 4.69) is 30.3 Å². The zero-order valence-corrected chi connectivity index (χ0v) is 15.1. The first-order valence-electron chi connectivity index (χ1n) is 8.99. The topological polar surface area (TPSA) is 74.2 Å². The summed E-state index contributed by atoms with van der Waals surface area (Å²) in [6.45, 7) is 3.19. The fraction of sp³-hybridized carbons (Fsp3) is 0.200. The van der Waals surface area contributed by atoms with Gasteiger partial charge >= 0.3 is 0 Å². The Kier molecular flexibility index (Phi) is 5.09. The van der Waals surface area contributed by atoms with Gasteiger partial charge in [-0.2, -0.15) is 0 Å². The Labute approximate surface area is 161 Å². The van der Waals surface area contributed by atoms with Crippen LogP contribution in [0.15, 0.2) is 60.9 Å². The number of piperazine rings is 1. The SMILES string of the molecule is O=C(Nc1ccc(N2CCN(c3ccc(F)cc3)CC2)nn1)c1cccnc1. The molecule has 3 aromatic rings. The third-order valence-corrected chi connectivity index (χ3v) is 4.61. The second-order valence-electron chi connectivity index (χ2n) is 6.42. The van der Waals surface area contributed by atoms with Gasteiger partial charge in [-0.25, -0.2) is 4.39 Å². The second kappa shape index (κ2) is 7.99. The van der Waals surface area contributed by atoms with Gasteiger partial charge in [0, 0.05) is 44.3 Å². The molecular weight excluding hydrogens is 359 g/mol. The molecule has 1 aromatic carbocycles. The lowest BCUT2D eigenvalue weighted by molar-refractivity contribution is 0.102. The fourth-order valence-corrected chi connectivity index (χ4v) is 3.09. The van der Waals surface area contributed by atoms with Crippen LogP contribution in [0.3, 0.4) is 0 Å². The Morgan fingerprint density at radius 2 is 1.68 bits per heavy atom. The van der Waals surface area contributed by atoms with E-state index in [1.807, 2.05) is 6.07 Å². The molecule has 0 atom stereocenters. The van der Waals surface area contributed by atoms with Gasteiger partial charge in [0.05, 0.1) is 5.56 Å². The average molecular weight is 378 g/mol. The molecule has 1 amide bonds. The summed E-state index contributed by atoms with van der Waals surface area (Å²) in [6, 6.07) is 13.5. The molecule has 3 heterocycles. The van der Waals surface area contributed by atoms with Crippen molar-refractivity contribution < 1.29 is 9.18 Å². The standard InChI is InChI=1S/C20H19FN6O/c21-16-3-5-17(6-4-16)26-10-12-27(13-11-26)19-8-7-18(24-25-19)23-20(28)15-2-1-9-22-14-15/h1-9,14H,10-13H2,(H,23,24,28). The molecule has 7 nitrogen and oxygen atoms in total. The summed E-state index contributed by atoms with van der Waals surface area (Å²) >= 11 is 0. The van der Waals surface area contributed by atoms with Gasteiger partial charge in [0.25, 0.3) is 5.91 Å². The number of nitrogens with zero attached hydrogens (tertiary/aromatic N) is 5. The Hall–Kier alpha value is -3.55. The number of halogens is 1. The summed E-state index contributed by atoms with van der Waals surface area (Å²) in [7, 11) is 0. The maximum Gasteiger partial charge on any atom is 0.258 e. The summed E-state index contributed by atoms with van der Waals surface area (Å²) in [5.74, 6) is 0.650. The minimum atomic E-state index is -0.275. The first-order valence-corrected chi connectivity index (χ1v) is 8.99. The Morgan fingerprint density at radius 3 is 2.32 bits per heavy atom. The van der Waals surface area contributed by atoms with Gasteiger partial charge in [-0.3, -0.25) is 9.78 Å². The van der Waals surface area contributed by atoms with E-state index in [-0.39, 0.29) is 11.7 Å². The molecule has 1 N–H and O–H groups in total. The highest BCUT2D eigenvalue weighted by Crippen LogP contribution is 2.20. The molecule has 0 aliphatic carbocycles. The number of rotatable bonds is 4. The second-order valence-corrected chi connectivity index (χ2v) is 6.42. The van der Waals surface area contributed by atoms with Gasteiger partial charge in [-0.05, 0) is 48.5 Å². The fourth-order valence-electron chi connectivity index (χ4n) is 3.09. The predicted octanol–water partition coefficient (Wildman–Crippen LogP) is 2.59. The lowest BCUT2D eigenvalue weighted by Gasteiger charge is -2.36. The van der Waals surface area contributed by atoms with E-state index < -0.39 is 0 Å². The van der Waals surface area contributed by atoms with Crippen molar-refractivity contribution in [2.24, 2.45) is 0 Å². The van der Waals surface area contributed by atoms with E-state index >= 15 is 0 Å². The summed E-state index contributed by atoms with van der Waals surface area (Å²) in [5, 5.41) is 11.1. The lowest BCUT2D eigenvalue weighted by Crippen LogP contribution is -2.46. The number of pyridine rings is 1. The Balaban J connectivity index is 1.34. The zero-order chi connectivity index (χ0) is 19.3. The van der Waals surface area contributed by atoms with Crippen molar-refractivity contribution >= 4 is 23.2 Å². The molecule has 0 unspecified atom stereocenters. The van der Waals surface area contributed by atoms with Crippen LogP contribution in [0.25, 0.3) is 0 Å². The largest absolute Gasteiger partial charge is 0.368 e. The summed E-state index contributed by atoms with van der Waals surface area (Å²) in [5.41, 5.74) is 1.48. The third kappa shape index (κ3) is 4.06. The van der Waals surface area contributed by atoms with Gasteiger partial charge < -0.3 is 15.1 Å². The van der Waals surface area contributed by atoms with E-state index in [1.54, 1.807) is 36.5 Å². The lowest BCUT2D eigenvalue weighted by atomic mass is 10.2. The number of carbonyl (C=O) groups is 1. The number of aromatic nitrogens is 3. The van der Waals surface area contributed by atoms with Crippen molar-refractivity contribution in [3.8, 4) is 0 Å². The van der Waals surface area contributed by atoms with Crippen molar-refractivity contribution in [2.75, 3.05) is 41.3 Å². The molecule has 28 heavy (non-hydrogen) atoms. The van der Waals surface area contributed by atoms with Gasteiger partial charge in [0.1, 0.15) is 5.82 Å². The molecule has 0 spiro atoms. The van der Waals surface area contributed by atoms with Crippen LogP contribution in [0.1, 0.15) is 10.4 Å². The molecule has 0 radical (unpaired) electrons. The molecule has 2 aromatic heterocycles. The number of hydrogen-bond donors (Lipinski definition) is 1. The highest BCUT2D eigenvalue weighted by molar-refractivity contribution is 6.03. The average Bonchev–Trinajstić information content (AvgIpc) is 2.76. The molecule has 1 aliphatic rings. The van der Waals surface area contributed by atoms with Gasteiger partial charge in [-0.15, -0.1) is 10.2 Å². The van der Waals surface area contributed by atoms with Crippen LogP contribution < -0.4 is 15.1 Å². The van der Waals surface area contributed by atoms with E-state index in [0.29, 0.717) is 11.4 Å². The maximum absolute atomic E-state index is 13.1. The van der Waals surface area contributed by atoms with Crippen LogP contribution in [-0.2, 0) is 0 Å². The number of benzene rings is 1. The van der Waals surface area contributed by atoms with E-state index in [9.17, 15) is 9.18 Å². The molecule has 1 saturated heterocycles. The minimum Gasteiger partial charge on any atom is -0.368 e. The molecule has 142 valence electrons. The maximum atomic E-state index is 13.1. The number of carbonyl (C=O) groups excluding carboxylic acids is 1. The van der Waals surface area contributed by atoms with Crippen LogP contribution >= 0.6 is 0 Å². The number of hydrogen-bond acceptors (Lipinski definition) is 6. The first kappa shape index (κ1) is 17.8. The molecule has 4 rings (SSSR count). The normalized spacial score (nSPS) is 14.0. The van der Waals surface area contributed by atoms with Gasteiger partial charge in [-0.1, -0.05) is 0 Å². The summed E-state index contributed by atoms with van der Waals surface area (Å²) < 4.78 is 13.1. The molecule has 0 bridgehead atoms. The predicted molar refractivity (Wildman–Crippen MR) is 105 cm³/mol. The highest BCUT2D eigenvalue weighted by atomic mass is 19.1. The van der Waals surface area contributed by atoms with Crippen LogP contribution in [0.5, 0.6) is 0 Å². The van der Waals surface area contributed by atoms with Crippen molar-refractivity contribution in [3.63, 3.8) is 0 Å². The van der Waals surface area contributed by atoms with Crippen LogP contribution in [0.2, 0.25) is 0 Å². The smallest absolute Gasteiger partial charge is 0.258 e. The summed E-state index contributed by atoms with van der Waals surface area (Å²) in [4.78, 5) is 20.4. The van der Waals surface area contributed by atoms with Crippen molar-refractivity contribution in [3.05, 3.63) is 72.3 Å². The third-order valence-electron chi connectivity index (χ3n) is 4.61. The monoisotopic (exact) mass is 378 g/mol. The number of anilines is 3. The molecular formula is C20H19FN6O. The van der Waals surface area contributed by atoms with E-state index in [4.69, 9.17) is 0 Å². The minimum absolute atomic E-state index is 0.228. The van der Waals surface area contributed by atoms with Crippen molar-refractivity contribution in [1.82, 2.24) is 15.2 Å². The van der Waals surface area contributed by atoms with Crippen molar-refractivity contribution in [2.45, 2.75) is 0 Å². The first-order chi connectivity index (χ1) is 13.7. The molecule has 8 heteroatoms. The van der Waals surface area contributed by atoms with Gasteiger partial charge in [0.2, 0.25) is 0 Å². The van der Waals surface area contributed by atoms with Crippen LogP contribution in [-0.4, -0.2) is 47.3 Å². The summed E-state index contributed by atoms with van der Waals surface area (Å²) in [6.07, 6.45) is 3.11. The van der Waals surface area contributed by atoms with Crippen molar-refractivity contribution in [1.29, 1.82) is 0 Å². The quantitative estimate of drug-likeness (QED) is 0.752. The molecule has 1 aliphatic heterocycles. The van der Waals surface area contributed by atoms with Gasteiger partial charge in [0.15, 0.2) is 11.6 Å². The number of amides is 1. The zero-order valence-electron chi connectivity index (χ0n) is 15.1. The molecule has 0 saturated carbocycles. The van der Waals surface area contributed by atoms with Crippen LogP contribution in [0.4, 0.5) is 21.7 Å². The highest BCUT2D eigenvalue weighted by Gasteiger charge is 2.19. The Morgan fingerprint density at radius 1 is 0.929 bits per heavy atom. The Bertz CT molecular complexity index is 925.